The van der Waals surface area contributed by atoms with Crippen LogP contribution < -0.4 is 10.7 Å². The van der Waals surface area contributed by atoms with E-state index in [1.54, 1.807) is 18.2 Å². The van der Waals surface area contributed by atoms with Crippen molar-refractivity contribution in [1.82, 2.24) is 10.4 Å². The zero-order chi connectivity index (χ0) is 25.3. The molecule has 1 saturated heterocycles. The van der Waals surface area contributed by atoms with Crippen LogP contribution in [0.25, 0.3) is 17.4 Å². The van der Waals surface area contributed by atoms with Crippen molar-refractivity contribution in [1.29, 1.82) is 0 Å². The van der Waals surface area contributed by atoms with Crippen LogP contribution in [0.1, 0.15) is 5.76 Å². The van der Waals surface area contributed by atoms with Crippen LogP contribution in [0.2, 0.25) is 15.1 Å². The van der Waals surface area contributed by atoms with E-state index in [2.05, 4.69) is 10.7 Å². The van der Waals surface area contributed by atoms with E-state index >= 15 is 0 Å². The monoisotopic (exact) mass is 568 g/mol. The van der Waals surface area contributed by atoms with Crippen molar-refractivity contribution in [3.8, 4) is 11.3 Å². The lowest BCUT2D eigenvalue weighted by Gasteiger charge is -2.16. The fourth-order valence-electron chi connectivity index (χ4n) is 2.92. The van der Waals surface area contributed by atoms with E-state index in [1.165, 1.54) is 36.4 Å². The standard InChI is InChI=1S/C21H11Cl3N4O5S2/c22-14-5-2-11(28(31)32)8-13(14)17-6-3-12(33-17)9-18-19(29)27(21(34)35-18)26-20(30)25-10-1-4-15(23)16(24)7-10/h1-9H,(H2,25,26,30)/b18-9+. The number of anilines is 1. The quantitative estimate of drug-likeness (QED) is 0.151. The number of nitro groups is 1. The van der Waals surface area contributed by atoms with Crippen LogP contribution in [0.15, 0.2) is 57.9 Å². The predicted octanol–water partition coefficient (Wildman–Crippen LogP) is 6.75. The Balaban J connectivity index is 1.48. The Kier molecular flexibility index (Phi) is 7.33. The van der Waals surface area contributed by atoms with Crippen molar-refractivity contribution in [2.75, 3.05) is 5.32 Å². The Morgan fingerprint density at radius 1 is 1.09 bits per heavy atom. The molecule has 1 aliphatic rings. The van der Waals surface area contributed by atoms with Crippen molar-refractivity contribution in [3.63, 3.8) is 0 Å². The number of nitro benzene ring substituents is 1. The number of carbonyl (C=O) groups excluding carboxylic acids is 2. The number of amides is 3. The molecule has 0 radical (unpaired) electrons. The molecule has 0 spiro atoms. The van der Waals surface area contributed by atoms with Gasteiger partial charge < -0.3 is 9.73 Å². The highest BCUT2D eigenvalue weighted by Crippen LogP contribution is 2.35. The number of furan rings is 1. The topological polar surface area (TPSA) is 118 Å². The minimum atomic E-state index is -0.721. The minimum Gasteiger partial charge on any atom is -0.457 e. The molecule has 2 aromatic carbocycles. The van der Waals surface area contributed by atoms with E-state index in [0.717, 1.165) is 16.8 Å². The van der Waals surface area contributed by atoms with E-state index in [9.17, 15) is 19.7 Å². The molecule has 1 aliphatic heterocycles. The number of urea groups is 1. The van der Waals surface area contributed by atoms with E-state index in [0.29, 0.717) is 16.3 Å². The first kappa shape index (κ1) is 25.0. The van der Waals surface area contributed by atoms with Gasteiger partial charge in [0.1, 0.15) is 11.5 Å². The second kappa shape index (κ2) is 10.3. The molecule has 14 heteroatoms. The Morgan fingerprint density at radius 3 is 2.54 bits per heavy atom. The lowest BCUT2D eigenvalue weighted by molar-refractivity contribution is -0.384. The highest BCUT2D eigenvalue weighted by atomic mass is 35.5. The van der Waals surface area contributed by atoms with E-state index < -0.39 is 16.9 Å². The molecule has 4 rings (SSSR count). The summed E-state index contributed by atoms with van der Waals surface area (Å²) in [6, 6.07) is 10.9. The summed E-state index contributed by atoms with van der Waals surface area (Å²) < 4.78 is 5.81. The third-order valence-electron chi connectivity index (χ3n) is 4.51. The average molecular weight is 570 g/mol. The number of thiocarbonyl (C=S) groups is 1. The molecule has 0 bridgehead atoms. The first-order valence-corrected chi connectivity index (χ1v) is 11.8. The zero-order valence-electron chi connectivity index (χ0n) is 17.1. The third-order valence-corrected chi connectivity index (χ3v) is 6.88. The van der Waals surface area contributed by atoms with E-state index in [-0.39, 0.29) is 36.5 Å². The number of hydrogen-bond donors (Lipinski definition) is 2. The van der Waals surface area contributed by atoms with Crippen LogP contribution in [0.5, 0.6) is 0 Å². The SMILES string of the molecule is O=C(Nc1ccc(Cl)c(Cl)c1)NN1C(=O)/C(=C\c2ccc(-c3cc([N+](=O)[O-])ccc3Cl)o2)SC1=S. The Hall–Kier alpha value is -3.09. The summed E-state index contributed by atoms with van der Waals surface area (Å²) in [5.41, 5.74) is 2.92. The molecular formula is C21H11Cl3N4O5S2. The fraction of sp³-hybridized carbons (Fsp3) is 0. The molecule has 35 heavy (non-hydrogen) atoms. The van der Waals surface area contributed by atoms with Crippen molar-refractivity contribution >= 4 is 92.5 Å². The number of nitrogens with zero attached hydrogens (tertiary/aromatic N) is 2. The summed E-state index contributed by atoms with van der Waals surface area (Å²) in [5, 5.41) is 15.3. The van der Waals surface area contributed by atoms with Crippen LogP contribution in [0.3, 0.4) is 0 Å². The number of carbonyl (C=O) groups is 2. The fourth-order valence-corrected chi connectivity index (χ4v) is 4.59. The number of nitrogens with one attached hydrogen (secondary N) is 2. The number of hydrazine groups is 1. The summed E-state index contributed by atoms with van der Waals surface area (Å²) in [6.45, 7) is 0. The smallest absolute Gasteiger partial charge is 0.338 e. The lowest BCUT2D eigenvalue weighted by Crippen LogP contribution is -2.46. The largest absolute Gasteiger partial charge is 0.457 e. The minimum absolute atomic E-state index is 0.0963. The number of thioether (sulfide) groups is 1. The van der Waals surface area contributed by atoms with Gasteiger partial charge in [-0.1, -0.05) is 46.6 Å². The summed E-state index contributed by atoms with van der Waals surface area (Å²) in [7, 11) is 0. The first-order chi connectivity index (χ1) is 16.6. The third kappa shape index (κ3) is 5.60. The first-order valence-electron chi connectivity index (χ1n) is 9.47. The summed E-state index contributed by atoms with van der Waals surface area (Å²) in [5.74, 6) is -0.0153. The van der Waals surface area contributed by atoms with Crippen LogP contribution in [0.4, 0.5) is 16.2 Å². The van der Waals surface area contributed by atoms with Gasteiger partial charge in [0, 0.05) is 29.5 Å². The molecule has 178 valence electrons. The van der Waals surface area contributed by atoms with Crippen LogP contribution in [-0.4, -0.2) is 26.2 Å². The van der Waals surface area contributed by atoms with Gasteiger partial charge in [-0.25, -0.2) is 10.2 Å². The highest BCUT2D eigenvalue weighted by Gasteiger charge is 2.34. The number of halogens is 3. The lowest BCUT2D eigenvalue weighted by atomic mass is 10.1. The van der Waals surface area contributed by atoms with Gasteiger partial charge in [-0.05, 0) is 48.6 Å². The van der Waals surface area contributed by atoms with Gasteiger partial charge in [-0.15, -0.1) is 0 Å². The molecule has 9 nitrogen and oxygen atoms in total. The van der Waals surface area contributed by atoms with Crippen LogP contribution >= 0.6 is 58.8 Å². The molecule has 1 aromatic heterocycles. The molecule has 2 heterocycles. The normalized spacial score (nSPS) is 14.5. The Bertz CT molecular complexity index is 1430. The molecule has 0 aliphatic carbocycles. The Labute approximate surface area is 222 Å². The molecule has 2 N–H and O–H groups in total. The van der Waals surface area contributed by atoms with Crippen molar-refractivity contribution in [3.05, 3.63) is 84.4 Å². The van der Waals surface area contributed by atoms with Crippen LogP contribution in [-0.2, 0) is 4.79 Å². The maximum absolute atomic E-state index is 12.8. The molecule has 0 unspecified atom stereocenters. The summed E-state index contributed by atoms with van der Waals surface area (Å²) in [6.07, 6.45) is 1.44. The predicted molar refractivity (Wildman–Crippen MR) is 139 cm³/mol. The number of non-ortho nitro benzene ring substituents is 1. The summed E-state index contributed by atoms with van der Waals surface area (Å²) in [4.78, 5) is 35.8. The van der Waals surface area contributed by atoms with Crippen molar-refractivity contribution in [2.24, 2.45) is 0 Å². The number of hydrogen-bond acceptors (Lipinski definition) is 7. The number of benzene rings is 2. The highest BCUT2D eigenvalue weighted by molar-refractivity contribution is 8.26. The van der Waals surface area contributed by atoms with E-state index in [1.807, 2.05) is 0 Å². The van der Waals surface area contributed by atoms with E-state index in [4.69, 9.17) is 51.4 Å². The van der Waals surface area contributed by atoms with Gasteiger partial charge in [-0.2, -0.15) is 5.01 Å². The van der Waals surface area contributed by atoms with Gasteiger partial charge in [-0.3, -0.25) is 14.9 Å². The molecular weight excluding hydrogens is 559 g/mol. The number of rotatable bonds is 5. The second-order valence-electron chi connectivity index (χ2n) is 6.84. The zero-order valence-corrected chi connectivity index (χ0v) is 21.0. The van der Waals surface area contributed by atoms with Crippen molar-refractivity contribution < 1.29 is 18.9 Å². The van der Waals surface area contributed by atoms with Crippen molar-refractivity contribution in [2.45, 2.75) is 0 Å². The van der Waals surface area contributed by atoms with Gasteiger partial charge in [0.15, 0.2) is 4.32 Å². The molecule has 3 amide bonds. The Morgan fingerprint density at radius 2 is 1.83 bits per heavy atom. The van der Waals surface area contributed by atoms with Gasteiger partial charge in [0.2, 0.25) is 0 Å². The maximum atomic E-state index is 12.8. The molecule has 1 fully saturated rings. The molecule has 0 saturated carbocycles. The van der Waals surface area contributed by atoms with Gasteiger partial charge >= 0.3 is 6.03 Å². The van der Waals surface area contributed by atoms with Gasteiger partial charge in [0.05, 0.1) is 24.9 Å². The molecule has 3 aromatic rings. The second-order valence-corrected chi connectivity index (χ2v) is 9.73. The maximum Gasteiger partial charge on any atom is 0.338 e. The van der Waals surface area contributed by atoms with Gasteiger partial charge in [0.25, 0.3) is 11.6 Å². The van der Waals surface area contributed by atoms with Crippen LogP contribution in [0, 0.1) is 10.1 Å². The summed E-state index contributed by atoms with van der Waals surface area (Å²) >= 11 is 24.1. The average Bonchev–Trinajstić information content (AvgIpc) is 3.36. The molecule has 0 atom stereocenters.